The third-order valence-corrected chi connectivity index (χ3v) is 5.28. The number of methoxy groups -OCH3 is 1. The Morgan fingerprint density at radius 1 is 1.13 bits per heavy atom. The van der Waals surface area contributed by atoms with E-state index in [0.29, 0.717) is 41.9 Å². The van der Waals surface area contributed by atoms with E-state index in [2.05, 4.69) is 12.2 Å². The Hall–Kier alpha value is -3.48. The molecule has 1 aromatic heterocycles. The predicted molar refractivity (Wildman–Crippen MR) is 120 cm³/mol. The number of nitrogens with zero attached hydrogens (tertiary/aromatic N) is 2. The van der Waals surface area contributed by atoms with Crippen molar-refractivity contribution in [1.29, 1.82) is 0 Å². The van der Waals surface area contributed by atoms with Gasteiger partial charge in [0.15, 0.2) is 11.5 Å². The summed E-state index contributed by atoms with van der Waals surface area (Å²) in [6.07, 6.45) is 0.903. The quantitative estimate of drug-likeness (QED) is 0.558. The number of anilines is 1. The van der Waals surface area contributed by atoms with Crippen LogP contribution in [0, 0.1) is 0 Å². The van der Waals surface area contributed by atoms with Crippen molar-refractivity contribution in [3.8, 4) is 11.5 Å². The molecule has 7 nitrogen and oxygen atoms in total. The molecule has 2 aromatic carbocycles. The number of fused-ring (bicyclic) bond motifs is 3. The maximum Gasteiger partial charge on any atom is 0.337 e. The third-order valence-electron chi connectivity index (χ3n) is 5.28. The average Bonchev–Trinajstić information content (AvgIpc) is 3.14. The Morgan fingerprint density at radius 3 is 2.68 bits per heavy atom. The molecule has 0 saturated heterocycles. The lowest BCUT2D eigenvalue weighted by Crippen LogP contribution is -2.28. The van der Waals surface area contributed by atoms with Gasteiger partial charge in [-0.15, -0.1) is 0 Å². The summed E-state index contributed by atoms with van der Waals surface area (Å²) in [6, 6.07) is 13.3. The number of carbonyl (C=O) groups is 1. The molecular formula is C24H27N3O4. The highest BCUT2D eigenvalue weighted by Crippen LogP contribution is 2.41. The number of imidazole rings is 1. The normalized spacial score (nSPS) is 15.4. The van der Waals surface area contributed by atoms with E-state index in [0.717, 1.165) is 23.0 Å². The van der Waals surface area contributed by atoms with E-state index in [9.17, 15) is 4.79 Å². The lowest BCUT2D eigenvalue weighted by Gasteiger charge is -2.30. The van der Waals surface area contributed by atoms with Crippen LogP contribution < -0.4 is 14.8 Å². The third kappa shape index (κ3) is 3.71. The van der Waals surface area contributed by atoms with Crippen LogP contribution >= 0.6 is 0 Å². The second-order valence-electron chi connectivity index (χ2n) is 7.34. The Balaban J connectivity index is 1.92. The second-order valence-corrected chi connectivity index (χ2v) is 7.34. The van der Waals surface area contributed by atoms with Crippen molar-refractivity contribution >= 4 is 23.0 Å². The van der Waals surface area contributed by atoms with Crippen LogP contribution in [0.15, 0.2) is 53.7 Å². The van der Waals surface area contributed by atoms with E-state index in [1.54, 1.807) is 0 Å². The molecule has 0 fully saturated rings. The van der Waals surface area contributed by atoms with Crippen LogP contribution in [0.4, 0.5) is 5.95 Å². The Morgan fingerprint density at radius 2 is 1.94 bits per heavy atom. The standard InChI is InChI=1S/C24H27N3O4/c1-5-13-31-19-12-11-16(14-20(19)30-6-2)22-21(23(28)29-4)15(3)25-24-26-17-9-7-8-10-18(17)27(22)24/h7-12,14,22H,5-6,13H2,1-4H3,(H,25,26)/t22-/m0/s1. The molecule has 3 aromatic rings. The summed E-state index contributed by atoms with van der Waals surface area (Å²) in [5.74, 6) is 1.64. The van der Waals surface area contributed by atoms with Gasteiger partial charge in [0.2, 0.25) is 5.95 Å². The highest BCUT2D eigenvalue weighted by molar-refractivity contribution is 5.94. The van der Waals surface area contributed by atoms with Gasteiger partial charge in [-0.3, -0.25) is 4.57 Å². The van der Waals surface area contributed by atoms with Crippen LogP contribution in [0.1, 0.15) is 38.8 Å². The van der Waals surface area contributed by atoms with Crippen LogP contribution in [0.3, 0.4) is 0 Å². The van der Waals surface area contributed by atoms with E-state index in [4.69, 9.17) is 19.2 Å². The van der Waals surface area contributed by atoms with Crippen molar-refractivity contribution in [3.63, 3.8) is 0 Å². The Kier molecular flexibility index (Phi) is 5.84. The summed E-state index contributed by atoms with van der Waals surface area (Å²) in [6.45, 7) is 6.98. The molecule has 0 saturated carbocycles. The molecule has 1 atom stereocenters. The van der Waals surface area contributed by atoms with Gasteiger partial charge in [-0.05, 0) is 50.1 Å². The zero-order valence-electron chi connectivity index (χ0n) is 18.3. The molecule has 2 heterocycles. The lowest BCUT2D eigenvalue weighted by atomic mass is 9.94. The summed E-state index contributed by atoms with van der Waals surface area (Å²) >= 11 is 0. The number of aromatic nitrogens is 2. The lowest BCUT2D eigenvalue weighted by molar-refractivity contribution is -0.136. The number of ether oxygens (including phenoxy) is 3. The highest BCUT2D eigenvalue weighted by atomic mass is 16.5. The van der Waals surface area contributed by atoms with Crippen LogP contribution in [0.2, 0.25) is 0 Å². The van der Waals surface area contributed by atoms with Gasteiger partial charge in [-0.25, -0.2) is 9.78 Å². The molecule has 0 unspecified atom stereocenters. The molecule has 0 bridgehead atoms. The summed E-state index contributed by atoms with van der Waals surface area (Å²) in [5, 5.41) is 3.27. The topological polar surface area (TPSA) is 74.6 Å². The zero-order valence-corrected chi connectivity index (χ0v) is 18.3. The first kappa shape index (κ1) is 20.8. The molecule has 1 N–H and O–H groups in total. The molecule has 0 amide bonds. The second kappa shape index (κ2) is 8.71. The van der Waals surface area contributed by atoms with Crippen LogP contribution in [-0.4, -0.2) is 35.8 Å². The fourth-order valence-corrected chi connectivity index (χ4v) is 3.95. The molecule has 31 heavy (non-hydrogen) atoms. The first-order valence-corrected chi connectivity index (χ1v) is 10.5. The number of carbonyl (C=O) groups excluding carboxylic acids is 1. The van der Waals surface area contributed by atoms with Gasteiger partial charge >= 0.3 is 5.97 Å². The first-order valence-electron chi connectivity index (χ1n) is 10.5. The van der Waals surface area contributed by atoms with E-state index in [1.165, 1.54) is 7.11 Å². The van der Waals surface area contributed by atoms with Gasteiger partial charge in [0, 0.05) is 5.70 Å². The number of allylic oxidation sites excluding steroid dienone is 1. The van der Waals surface area contributed by atoms with Gasteiger partial charge < -0.3 is 19.5 Å². The number of benzene rings is 2. The largest absolute Gasteiger partial charge is 0.490 e. The minimum Gasteiger partial charge on any atom is -0.490 e. The maximum atomic E-state index is 12.8. The first-order chi connectivity index (χ1) is 15.1. The molecule has 0 aliphatic carbocycles. The van der Waals surface area contributed by atoms with Crippen molar-refractivity contribution in [2.75, 3.05) is 25.6 Å². The molecule has 0 spiro atoms. The van der Waals surface area contributed by atoms with Gasteiger partial charge in [0.25, 0.3) is 0 Å². The summed E-state index contributed by atoms with van der Waals surface area (Å²) in [4.78, 5) is 17.6. The van der Waals surface area contributed by atoms with Crippen LogP contribution in [-0.2, 0) is 9.53 Å². The monoisotopic (exact) mass is 421 g/mol. The maximum absolute atomic E-state index is 12.8. The smallest absolute Gasteiger partial charge is 0.337 e. The van der Waals surface area contributed by atoms with Crippen molar-refractivity contribution in [1.82, 2.24) is 9.55 Å². The number of nitrogens with one attached hydrogen (secondary N) is 1. The SMILES string of the molecule is CCCOc1ccc([C@H]2C(C(=O)OC)=C(C)Nc3nc4ccccc4n32)cc1OCC. The van der Waals surface area contributed by atoms with E-state index < -0.39 is 6.04 Å². The molecular weight excluding hydrogens is 394 g/mol. The van der Waals surface area contributed by atoms with E-state index in [1.807, 2.05) is 60.9 Å². The molecule has 7 heteroatoms. The summed E-state index contributed by atoms with van der Waals surface area (Å²) < 4.78 is 18.9. The highest BCUT2D eigenvalue weighted by Gasteiger charge is 2.35. The number of hydrogen-bond acceptors (Lipinski definition) is 6. The molecule has 0 radical (unpaired) electrons. The minimum absolute atomic E-state index is 0.386. The van der Waals surface area contributed by atoms with E-state index >= 15 is 0 Å². The summed E-state index contributed by atoms with van der Waals surface area (Å²) in [7, 11) is 1.40. The molecule has 1 aliphatic heterocycles. The fourth-order valence-electron chi connectivity index (χ4n) is 3.95. The summed E-state index contributed by atoms with van der Waals surface area (Å²) in [5.41, 5.74) is 3.90. The predicted octanol–water partition coefficient (Wildman–Crippen LogP) is 4.69. The number of esters is 1. The van der Waals surface area contributed by atoms with Crippen molar-refractivity contribution in [2.45, 2.75) is 33.2 Å². The molecule has 162 valence electrons. The number of para-hydroxylation sites is 2. The number of hydrogen-bond donors (Lipinski definition) is 1. The van der Waals surface area contributed by atoms with Crippen molar-refractivity contribution in [2.24, 2.45) is 0 Å². The minimum atomic E-state index is -0.421. The molecule has 1 aliphatic rings. The fraction of sp³-hybridized carbons (Fsp3) is 0.333. The van der Waals surface area contributed by atoms with Gasteiger partial charge in [-0.1, -0.05) is 25.1 Å². The molecule has 4 rings (SSSR count). The average molecular weight is 421 g/mol. The van der Waals surface area contributed by atoms with Gasteiger partial charge in [0.05, 0.1) is 43.0 Å². The van der Waals surface area contributed by atoms with Crippen LogP contribution in [0.25, 0.3) is 11.0 Å². The van der Waals surface area contributed by atoms with Crippen molar-refractivity contribution in [3.05, 3.63) is 59.3 Å². The van der Waals surface area contributed by atoms with Crippen LogP contribution in [0.5, 0.6) is 11.5 Å². The van der Waals surface area contributed by atoms with Crippen molar-refractivity contribution < 1.29 is 19.0 Å². The Bertz CT molecular complexity index is 1150. The van der Waals surface area contributed by atoms with E-state index in [-0.39, 0.29) is 5.97 Å². The van der Waals surface area contributed by atoms with Gasteiger partial charge in [-0.2, -0.15) is 0 Å². The Labute approximate surface area is 181 Å². The number of rotatable bonds is 7. The zero-order chi connectivity index (χ0) is 22.0. The van der Waals surface area contributed by atoms with Gasteiger partial charge in [0.1, 0.15) is 0 Å².